The Kier molecular flexibility index (Phi) is 2.75. The van der Waals surface area contributed by atoms with Gasteiger partial charge >= 0.3 is 0 Å². The van der Waals surface area contributed by atoms with Gasteiger partial charge in [0.05, 0.1) is 0 Å². The highest BCUT2D eigenvalue weighted by atomic mass is 79.9. The van der Waals surface area contributed by atoms with E-state index >= 15 is 0 Å². The van der Waals surface area contributed by atoms with Gasteiger partial charge in [-0.05, 0) is 44.0 Å². The summed E-state index contributed by atoms with van der Waals surface area (Å²) in [6.45, 7) is 2.95. The average Bonchev–Trinajstić information content (AvgIpc) is 3.09. The number of rotatable bonds is 3. The molecule has 1 saturated carbocycles. The number of nitrogens with two attached hydrogens (primary N) is 1. The molecule has 0 aliphatic heterocycles. The van der Waals surface area contributed by atoms with Gasteiger partial charge in [-0.25, -0.2) is 0 Å². The predicted molar refractivity (Wildman–Crippen MR) is 75.4 cm³/mol. The molecule has 0 atom stereocenters. The quantitative estimate of drug-likeness (QED) is 0.922. The van der Waals surface area contributed by atoms with Gasteiger partial charge in [-0.3, -0.25) is 0 Å². The Labute approximate surface area is 110 Å². The van der Waals surface area contributed by atoms with Gasteiger partial charge in [0.25, 0.3) is 0 Å². The Hall–Kier alpha value is -0.800. The van der Waals surface area contributed by atoms with Gasteiger partial charge in [-0.15, -0.1) is 0 Å². The first-order valence-electron chi connectivity index (χ1n) is 6.21. The zero-order valence-electron chi connectivity index (χ0n) is 10.0. The highest BCUT2D eigenvalue weighted by Crippen LogP contribution is 2.41. The van der Waals surface area contributed by atoms with Crippen molar-refractivity contribution in [3.05, 3.63) is 33.9 Å². The second-order valence-corrected chi connectivity index (χ2v) is 5.79. The third-order valence-electron chi connectivity index (χ3n) is 3.64. The fourth-order valence-electron chi connectivity index (χ4n) is 2.70. The summed E-state index contributed by atoms with van der Waals surface area (Å²) in [5.41, 5.74) is 9.95. The van der Waals surface area contributed by atoms with Gasteiger partial charge in [0.15, 0.2) is 0 Å². The maximum Gasteiger partial charge on any atom is 0.0499 e. The van der Waals surface area contributed by atoms with Crippen molar-refractivity contribution in [3.8, 4) is 0 Å². The average molecular weight is 293 g/mol. The van der Waals surface area contributed by atoms with Crippen LogP contribution in [0.1, 0.15) is 30.1 Å². The lowest BCUT2D eigenvalue weighted by Crippen LogP contribution is -2.09. The molecule has 0 spiro atoms. The number of benzene rings is 1. The summed E-state index contributed by atoms with van der Waals surface area (Å²) in [6.07, 6.45) is 3.61. The smallest absolute Gasteiger partial charge is 0.0499 e. The maximum atomic E-state index is 5.75. The van der Waals surface area contributed by atoms with Crippen molar-refractivity contribution in [1.29, 1.82) is 0 Å². The van der Waals surface area contributed by atoms with E-state index < -0.39 is 0 Å². The molecule has 1 aliphatic rings. The molecule has 1 aliphatic carbocycles. The van der Waals surface area contributed by atoms with Crippen LogP contribution in [0.5, 0.6) is 0 Å². The van der Waals surface area contributed by atoms with E-state index in [2.05, 4.69) is 45.6 Å². The monoisotopic (exact) mass is 292 g/mol. The molecule has 0 bridgehead atoms. The van der Waals surface area contributed by atoms with E-state index in [1.165, 1.54) is 35.0 Å². The lowest BCUT2D eigenvalue weighted by Gasteiger charge is -2.09. The number of hydrogen-bond donors (Lipinski definition) is 1. The molecule has 1 aromatic carbocycles. The highest BCUT2D eigenvalue weighted by molar-refractivity contribution is 9.10. The first kappa shape index (κ1) is 11.3. The molecular weight excluding hydrogens is 276 g/mol. The topological polar surface area (TPSA) is 30.9 Å². The minimum atomic E-state index is 0.710. The fourth-order valence-corrected chi connectivity index (χ4v) is 3.05. The summed E-state index contributed by atoms with van der Waals surface area (Å²) in [5.74, 6) is 0. The third-order valence-corrected chi connectivity index (χ3v) is 4.13. The molecular formula is C14H17BrN2. The number of aromatic nitrogens is 1. The molecule has 90 valence electrons. The first-order valence-corrected chi connectivity index (χ1v) is 7.00. The number of nitrogens with zero attached hydrogens (tertiary/aromatic N) is 1. The molecule has 0 radical (unpaired) electrons. The first-order chi connectivity index (χ1) is 8.22. The van der Waals surface area contributed by atoms with Crippen molar-refractivity contribution in [3.63, 3.8) is 0 Å². The van der Waals surface area contributed by atoms with Crippen molar-refractivity contribution in [2.24, 2.45) is 5.73 Å². The minimum absolute atomic E-state index is 0.710. The summed E-state index contributed by atoms with van der Waals surface area (Å²) in [5, 5.41) is 1.38. The van der Waals surface area contributed by atoms with Crippen molar-refractivity contribution >= 4 is 26.8 Å². The SMILES string of the molecule is Cc1c(CCN)n(C2CC2)c2cc(Br)ccc12. The standard InChI is InChI=1S/C14H17BrN2/c1-9-12-5-2-10(15)8-14(12)17(11-3-4-11)13(9)6-7-16/h2,5,8,11H,3-4,6-7,16H2,1H3. The molecule has 0 amide bonds. The largest absolute Gasteiger partial charge is 0.341 e. The Balaban J connectivity index is 2.29. The summed E-state index contributed by atoms with van der Waals surface area (Å²) in [6, 6.07) is 7.29. The van der Waals surface area contributed by atoms with Crippen molar-refractivity contribution in [2.45, 2.75) is 32.2 Å². The van der Waals surface area contributed by atoms with Crippen molar-refractivity contribution in [2.75, 3.05) is 6.54 Å². The highest BCUT2D eigenvalue weighted by Gasteiger charge is 2.28. The predicted octanol–water partition coefficient (Wildman–Crippen LogP) is 3.55. The lowest BCUT2D eigenvalue weighted by atomic mass is 10.1. The van der Waals surface area contributed by atoms with E-state index in [9.17, 15) is 0 Å². The molecule has 2 nitrogen and oxygen atoms in total. The molecule has 17 heavy (non-hydrogen) atoms. The van der Waals surface area contributed by atoms with Gasteiger partial charge in [-0.1, -0.05) is 22.0 Å². The zero-order valence-corrected chi connectivity index (χ0v) is 11.6. The van der Waals surface area contributed by atoms with Gasteiger partial charge in [0.2, 0.25) is 0 Å². The van der Waals surface area contributed by atoms with Crippen LogP contribution in [0, 0.1) is 6.92 Å². The third kappa shape index (κ3) is 1.81. The second kappa shape index (κ2) is 4.14. The Morgan fingerprint density at radius 2 is 2.18 bits per heavy atom. The number of fused-ring (bicyclic) bond motifs is 1. The van der Waals surface area contributed by atoms with Crippen LogP contribution in [0.4, 0.5) is 0 Å². The minimum Gasteiger partial charge on any atom is -0.341 e. The van der Waals surface area contributed by atoms with Crippen LogP contribution in [0.2, 0.25) is 0 Å². The second-order valence-electron chi connectivity index (χ2n) is 4.87. The van der Waals surface area contributed by atoms with Gasteiger partial charge < -0.3 is 10.3 Å². The van der Waals surface area contributed by atoms with Crippen LogP contribution < -0.4 is 5.73 Å². The van der Waals surface area contributed by atoms with E-state index in [4.69, 9.17) is 5.73 Å². The number of aryl methyl sites for hydroxylation is 1. The molecule has 1 aromatic heterocycles. The van der Waals surface area contributed by atoms with E-state index in [0.29, 0.717) is 6.04 Å². The molecule has 1 fully saturated rings. The van der Waals surface area contributed by atoms with Crippen LogP contribution in [0.3, 0.4) is 0 Å². The zero-order chi connectivity index (χ0) is 12.0. The molecule has 0 saturated heterocycles. The molecule has 3 rings (SSSR count). The Morgan fingerprint density at radius 1 is 1.41 bits per heavy atom. The summed E-state index contributed by atoms with van der Waals surface area (Å²) in [7, 11) is 0. The molecule has 3 heteroatoms. The molecule has 2 aromatic rings. The van der Waals surface area contributed by atoms with Crippen LogP contribution in [0.25, 0.3) is 10.9 Å². The van der Waals surface area contributed by atoms with Crippen molar-refractivity contribution < 1.29 is 0 Å². The summed E-state index contributed by atoms with van der Waals surface area (Å²) in [4.78, 5) is 0. The van der Waals surface area contributed by atoms with Crippen LogP contribution in [-0.2, 0) is 6.42 Å². The molecule has 1 heterocycles. The van der Waals surface area contributed by atoms with E-state index in [1.54, 1.807) is 0 Å². The molecule has 0 unspecified atom stereocenters. The number of hydrogen-bond acceptors (Lipinski definition) is 1. The van der Waals surface area contributed by atoms with Crippen molar-refractivity contribution in [1.82, 2.24) is 4.57 Å². The maximum absolute atomic E-state index is 5.75. The van der Waals surface area contributed by atoms with Crippen LogP contribution in [-0.4, -0.2) is 11.1 Å². The number of halogens is 1. The summed E-state index contributed by atoms with van der Waals surface area (Å²) < 4.78 is 3.67. The van der Waals surface area contributed by atoms with Crippen LogP contribution >= 0.6 is 15.9 Å². The summed E-state index contributed by atoms with van der Waals surface area (Å²) >= 11 is 3.57. The van der Waals surface area contributed by atoms with E-state index in [-0.39, 0.29) is 0 Å². The lowest BCUT2D eigenvalue weighted by molar-refractivity contribution is 0.711. The van der Waals surface area contributed by atoms with Crippen LogP contribution in [0.15, 0.2) is 22.7 Å². The Bertz CT molecular complexity index is 567. The normalized spacial score (nSPS) is 15.7. The molecule has 2 N–H and O–H groups in total. The van der Waals surface area contributed by atoms with E-state index in [0.717, 1.165) is 17.4 Å². The van der Waals surface area contributed by atoms with Gasteiger partial charge in [0.1, 0.15) is 0 Å². The fraction of sp³-hybridized carbons (Fsp3) is 0.429. The van der Waals surface area contributed by atoms with Gasteiger partial charge in [0, 0.05) is 33.5 Å². The van der Waals surface area contributed by atoms with Gasteiger partial charge in [-0.2, -0.15) is 0 Å². The Morgan fingerprint density at radius 3 is 2.82 bits per heavy atom. The van der Waals surface area contributed by atoms with E-state index in [1.807, 2.05) is 0 Å².